The summed E-state index contributed by atoms with van der Waals surface area (Å²) in [6.07, 6.45) is 0. The Kier molecular flexibility index (Phi) is 3.51. The Morgan fingerprint density at radius 1 is 0.895 bits per heavy atom. The molecule has 0 atom stereocenters. The van der Waals surface area contributed by atoms with Crippen molar-refractivity contribution in [3.63, 3.8) is 0 Å². The number of thiophene rings is 1. The van der Waals surface area contributed by atoms with Gasteiger partial charge in [-0.3, -0.25) is 0 Å². The summed E-state index contributed by atoms with van der Waals surface area (Å²) in [5, 5.41) is 0.424. The van der Waals surface area contributed by atoms with Crippen LogP contribution in [0.1, 0.15) is 0 Å². The molecule has 1 aromatic carbocycles. The van der Waals surface area contributed by atoms with Crippen LogP contribution in [0.4, 0.5) is 0 Å². The van der Waals surface area contributed by atoms with Gasteiger partial charge in [-0.15, -0.1) is 11.3 Å². The van der Waals surface area contributed by atoms with Crippen molar-refractivity contribution in [1.29, 1.82) is 0 Å². The van der Waals surface area contributed by atoms with Gasteiger partial charge in [0.25, 0.3) is 0 Å². The van der Waals surface area contributed by atoms with Crippen LogP contribution < -0.4 is 0 Å². The van der Waals surface area contributed by atoms with Crippen molar-refractivity contribution in [2.75, 3.05) is 0 Å². The fourth-order valence-electron chi connectivity index (χ4n) is 1.71. The molecule has 0 spiro atoms. The highest BCUT2D eigenvalue weighted by Crippen LogP contribution is 2.31. The fraction of sp³-hybridized carbons (Fsp3) is 0. The van der Waals surface area contributed by atoms with Crippen molar-refractivity contribution >= 4 is 34.5 Å². The summed E-state index contributed by atoms with van der Waals surface area (Å²) in [4.78, 5) is 9.78. The zero-order valence-electron chi connectivity index (χ0n) is 9.68. The Hall–Kier alpha value is -1.42. The number of benzene rings is 1. The number of hydrogen-bond donors (Lipinski definition) is 0. The first-order chi connectivity index (χ1) is 9.22. The summed E-state index contributed by atoms with van der Waals surface area (Å²) in [5.41, 5.74) is 1.73. The average Bonchev–Trinajstić information content (AvgIpc) is 2.86. The molecule has 0 unspecified atom stereocenters. The van der Waals surface area contributed by atoms with Gasteiger partial charge in [0.05, 0.1) is 14.9 Å². The molecule has 0 aliphatic carbocycles. The lowest BCUT2D eigenvalue weighted by Crippen LogP contribution is -1.91. The van der Waals surface area contributed by atoms with Crippen LogP contribution in [0.2, 0.25) is 9.49 Å². The average molecular weight is 307 g/mol. The van der Waals surface area contributed by atoms with E-state index >= 15 is 0 Å². The molecule has 3 rings (SSSR count). The molecule has 0 bridgehead atoms. The van der Waals surface area contributed by atoms with Gasteiger partial charge < -0.3 is 0 Å². The fourth-order valence-corrected chi connectivity index (χ4v) is 2.90. The lowest BCUT2D eigenvalue weighted by molar-refractivity contribution is 1.18. The maximum atomic E-state index is 6.08. The first-order valence-electron chi connectivity index (χ1n) is 5.58. The smallest absolute Gasteiger partial charge is 0.161 e. The molecule has 0 radical (unpaired) electrons. The summed E-state index contributed by atoms with van der Waals surface area (Å²) in [6.45, 7) is 0. The van der Waals surface area contributed by atoms with Crippen LogP contribution >= 0.6 is 34.5 Å². The number of rotatable bonds is 2. The predicted octanol–water partition coefficient (Wildman–Crippen LogP) is 5.18. The first-order valence-corrected chi connectivity index (χ1v) is 7.15. The molecule has 0 fully saturated rings. The maximum Gasteiger partial charge on any atom is 0.161 e. The zero-order valence-corrected chi connectivity index (χ0v) is 12.0. The van der Waals surface area contributed by atoms with Gasteiger partial charge in [0.15, 0.2) is 5.82 Å². The van der Waals surface area contributed by atoms with E-state index in [0.29, 0.717) is 11.0 Å². The summed E-state index contributed by atoms with van der Waals surface area (Å²) in [6, 6.07) is 15.3. The van der Waals surface area contributed by atoms with Gasteiger partial charge in [0.1, 0.15) is 5.15 Å². The van der Waals surface area contributed by atoms with E-state index in [1.54, 1.807) is 6.07 Å². The predicted molar refractivity (Wildman–Crippen MR) is 80.8 cm³/mol. The van der Waals surface area contributed by atoms with E-state index in [-0.39, 0.29) is 0 Å². The molecule has 0 aliphatic heterocycles. The molecular formula is C14H8Cl2N2S. The topological polar surface area (TPSA) is 25.8 Å². The summed E-state index contributed by atoms with van der Waals surface area (Å²) >= 11 is 13.5. The number of hydrogen-bond acceptors (Lipinski definition) is 3. The van der Waals surface area contributed by atoms with Crippen LogP contribution in [0.15, 0.2) is 48.5 Å². The monoisotopic (exact) mass is 306 g/mol. The lowest BCUT2D eigenvalue weighted by atomic mass is 10.2. The van der Waals surface area contributed by atoms with E-state index in [9.17, 15) is 0 Å². The second kappa shape index (κ2) is 5.29. The molecule has 5 heteroatoms. The normalized spacial score (nSPS) is 10.6. The zero-order chi connectivity index (χ0) is 13.2. The van der Waals surface area contributed by atoms with E-state index in [2.05, 4.69) is 9.97 Å². The minimum Gasteiger partial charge on any atom is -0.227 e. The molecule has 2 nitrogen and oxygen atoms in total. The molecule has 0 aliphatic rings. The van der Waals surface area contributed by atoms with Crippen molar-refractivity contribution < 1.29 is 0 Å². The maximum absolute atomic E-state index is 6.08. The SMILES string of the molecule is Clc1cc(-c2ccc(Cl)s2)nc(-c2ccccc2)n1. The number of aromatic nitrogens is 2. The second-order valence-corrected chi connectivity index (χ2v) is 5.97. The minimum atomic E-state index is 0.424. The first kappa shape index (κ1) is 12.6. The van der Waals surface area contributed by atoms with E-state index in [0.717, 1.165) is 20.5 Å². The van der Waals surface area contributed by atoms with E-state index in [1.807, 2.05) is 42.5 Å². The van der Waals surface area contributed by atoms with Crippen LogP contribution in [0.3, 0.4) is 0 Å². The number of nitrogens with zero attached hydrogens (tertiary/aromatic N) is 2. The Balaban J connectivity index is 2.11. The summed E-state index contributed by atoms with van der Waals surface area (Å²) < 4.78 is 0.728. The molecule has 0 N–H and O–H groups in total. The third-order valence-electron chi connectivity index (χ3n) is 2.55. The van der Waals surface area contributed by atoms with Crippen LogP contribution in [-0.2, 0) is 0 Å². The largest absolute Gasteiger partial charge is 0.227 e. The van der Waals surface area contributed by atoms with Crippen molar-refractivity contribution in [3.8, 4) is 22.0 Å². The van der Waals surface area contributed by atoms with Gasteiger partial charge in [0.2, 0.25) is 0 Å². The highest BCUT2D eigenvalue weighted by molar-refractivity contribution is 7.19. The summed E-state index contributed by atoms with van der Waals surface area (Å²) in [7, 11) is 0. The van der Waals surface area contributed by atoms with Crippen LogP contribution in [-0.4, -0.2) is 9.97 Å². The second-order valence-electron chi connectivity index (χ2n) is 3.87. The van der Waals surface area contributed by atoms with Gasteiger partial charge in [-0.1, -0.05) is 53.5 Å². The summed E-state index contributed by atoms with van der Waals surface area (Å²) in [5.74, 6) is 0.618. The highest BCUT2D eigenvalue weighted by atomic mass is 35.5. The molecule has 0 saturated carbocycles. The standard InChI is InChI=1S/C14H8Cl2N2S/c15-12-8-10(11-6-7-13(16)19-11)17-14(18-12)9-4-2-1-3-5-9/h1-8H. The Labute approximate surface area is 124 Å². The van der Waals surface area contributed by atoms with Crippen LogP contribution in [0.5, 0.6) is 0 Å². The van der Waals surface area contributed by atoms with Gasteiger partial charge in [0, 0.05) is 11.6 Å². The lowest BCUT2D eigenvalue weighted by Gasteiger charge is -2.03. The van der Waals surface area contributed by atoms with E-state index in [4.69, 9.17) is 23.2 Å². The van der Waals surface area contributed by atoms with Crippen LogP contribution in [0.25, 0.3) is 22.0 Å². The molecule has 19 heavy (non-hydrogen) atoms. The Morgan fingerprint density at radius 3 is 2.37 bits per heavy atom. The molecular weight excluding hydrogens is 299 g/mol. The van der Waals surface area contributed by atoms with Crippen molar-refractivity contribution in [2.45, 2.75) is 0 Å². The van der Waals surface area contributed by atoms with Gasteiger partial charge in [-0.05, 0) is 12.1 Å². The Bertz CT molecular complexity index is 710. The third kappa shape index (κ3) is 2.78. The van der Waals surface area contributed by atoms with Crippen molar-refractivity contribution in [3.05, 3.63) is 58.0 Å². The highest BCUT2D eigenvalue weighted by Gasteiger charge is 2.09. The molecule has 0 saturated heterocycles. The Morgan fingerprint density at radius 2 is 1.68 bits per heavy atom. The third-order valence-corrected chi connectivity index (χ3v) is 4.00. The van der Waals surface area contributed by atoms with Crippen LogP contribution in [0, 0.1) is 0 Å². The van der Waals surface area contributed by atoms with Gasteiger partial charge >= 0.3 is 0 Å². The molecule has 94 valence electrons. The molecule has 2 aromatic heterocycles. The van der Waals surface area contributed by atoms with E-state index in [1.165, 1.54) is 11.3 Å². The van der Waals surface area contributed by atoms with Crippen molar-refractivity contribution in [2.24, 2.45) is 0 Å². The van der Waals surface area contributed by atoms with Gasteiger partial charge in [-0.2, -0.15) is 0 Å². The quantitative estimate of drug-likeness (QED) is 0.610. The minimum absolute atomic E-state index is 0.424. The molecule has 3 aromatic rings. The molecule has 0 amide bonds. The van der Waals surface area contributed by atoms with E-state index < -0.39 is 0 Å². The van der Waals surface area contributed by atoms with Crippen molar-refractivity contribution in [1.82, 2.24) is 9.97 Å². The number of halogens is 2. The van der Waals surface area contributed by atoms with Gasteiger partial charge in [-0.25, -0.2) is 9.97 Å². The molecule has 2 heterocycles.